The first-order valence-electron chi connectivity index (χ1n) is 8.16. The lowest BCUT2D eigenvalue weighted by Crippen LogP contribution is -1.99. The normalized spacial score (nSPS) is 10.8. The van der Waals surface area contributed by atoms with Gasteiger partial charge in [-0.25, -0.2) is 0 Å². The van der Waals surface area contributed by atoms with E-state index in [2.05, 4.69) is 18.7 Å². The number of esters is 1. The summed E-state index contributed by atoms with van der Waals surface area (Å²) in [4.78, 5) is 10.5. The quantitative estimate of drug-likeness (QED) is 0.236. The largest absolute Gasteiger partial charge is 0.466 e. The van der Waals surface area contributed by atoms with E-state index in [1.807, 2.05) is 6.08 Å². The van der Waals surface area contributed by atoms with Crippen molar-refractivity contribution in [2.24, 2.45) is 0 Å². The molecule has 0 aliphatic carbocycles. The van der Waals surface area contributed by atoms with E-state index in [0.717, 1.165) is 19.3 Å². The van der Waals surface area contributed by atoms with Gasteiger partial charge in [-0.05, 0) is 44.9 Å². The number of allylic oxidation sites excluding steroid dienone is 3. The van der Waals surface area contributed by atoms with Crippen molar-refractivity contribution in [2.75, 3.05) is 6.61 Å². The van der Waals surface area contributed by atoms with Crippen LogP contribution in [0.2, 0.25) is 0 Å². The molecular formula is C18H32O2. The maximum Gasteiger partial charge on any atom is 0.302 e. The van der Waals surface area contributed by atoms with Crippen LogP contribution < -0.4 is 0 Å². The first-order valence-corrected chi connectivity index (χ1v) is 8.16. The average Bonchev–Trinajstić information content (AvgIpc) is 2.43. The number of carbonyl (C=O) groups excluding carboxylic acids is 1. The average molecular weight is 280 g/mol. The van der Waals surface area contributed by atoms with Gasteiger partial charge in [0.2, 0.25) is 0 Å². The van der Waals surface area contributed by atoms with Crippen molar-refractivity contribution in [1.29, 1.82) is 0 Å². The molecule has 0 aliphatic rings. The molecule has 0 saturated heterocycles. The molecule has 0 fully saturated rings. The number of unbranched alkanes of at least 4 members (excludes halogenated alkanes) is 9. The molecule has 0 amide bonds. The molecule has 0 aliphatic heterocycles. The Morgan fingerprint density at radius 1 is 0.850 bits per heavy atom. The Labute approximate surface area is 125 Å². The molecule has 0 saturated carbocycles. The van der Waals surface area contributed by atoms with Crippen LogP contribution in [0, 0.1) is 0 Å². The topological polar surface area (TPSA) is 26.3 Å². The molecule has 0 aromatic heterocycles. The van der Waals surface area contributed by atoms with Gasteiger partial charge >= 0.3 is 5.97 Å². The van der Waals surface area contributed by atoms with E-state index >= 15 is 0 Å². The Balaban J connectivity index is 3.08. The number of carbonyl (C=O) groups is 1. The second-order valence-electron chi connectivity index (χ2n) is 5.29. The Bertz CT molecular complexity index is 256. The highest BCUT2D eigenvalue weighted by Crippen LogP contribution is 2.09. The van der Waals surface area contributed by atoms with Gasteiger partial charge < -0.3 is 4.74 Å². The van der Waals surface area contributed by atoms with E-state index in [1.165, 1.54) is 58.3 Å². The zero-order valence-electron chi connectivity index (χ0n) is 13.2. The zero-order chi connectivity index (χ0) is 14.9. The molecule has 0 unspecified atom stereocenters. The molecule has 0 spiro atoms. The van der Waals surface area contributed by atoms with Gasteiger partial charge in [0.25, 0.3) is 0 Å². The fraction of sp³-hybridized carbons (Fsp3) is 0.722. The highest BCUT2D eigenvalue weighted by Gasteiger charge is 1.92. The molecule has 116 valence electrons. The van der Waals surface area contributed by atoms with Gasteiger partial charge in [0, 0.05) is 6.92 Å². The van der Waals surface area contributed by atoms with E-state index in [0.29, 0.717) is 6.61 Å². The number of ether oxygens (including phenoxy) is 1. The van der Waals surface area contributed by atoms with Crippen molar-refractivity contribution in [3.8, 4) is 0 Å². The Morgan fingerprint density at radius 2 is 1.35 bits per heavy atom. The van der Waals surface area contributed by atoms with Crippen molar-refractivity contribution < 1.29 is 9.53 Å². The van der Waals surface area contributed by atoms with Crippen LogP contribution in [-0.2, 0) is 9.53 Å². The number of hydrogen-bond acceptors (Lipinski definition) is 2. The molecule has 2 nitrogen and oxygen atoms in total. The van der Waals surface area contributed by atoms with Crippen LogP contribution in [0.4, 0.5) is 0 Å². The lowest BCUT2D eigenvalue weighted by atomic mass is 10.1. The zero-order valence-corrected chi connectivity index (χ0v) is 13.2. The highest BCUT2D eigenvalue weighted by atomic mass is 16.5. The minimum Gasteiger partial charge on any atom is -0.466 e. The number of hydrogen-bond donors (Lipinski definition) is 0. The molecule has 0 radical (unpaired) electrons. The molecule has 20 heavy (non-hydrogen) atoms. The van der Waals surface area contributed by atoms with Gasteiger partial charge in [-0.3, -0.25) is 4.79 Å². The van der Waals surface area contributed by atoms with Crippen molar-refractivity contribution in [2.45, 2.75) is 77.6 Å². The monoisotopic (exact) mass is 280 g/mol. The van der Waals surface area contributed by atoms with Crippen LogP contribution in [0.25, 0.3) is 0 Å². The molecule has 0 rings (SSSR count). The predicted molar refractivity (Wildman–Crippen MR) is 86.8 cm³/mol. The highest BCUT2D eigenvalue weighted by molar-refractivity contribution is 5.65. The van der Waals surface area contributed by atoms with Gasteiger partial charge in [-0.15, -0.1) is 6.58 Å². The summed E-state index contributed by atoms with van der Waals surface area (Å²) in [6.45, 7) is 5.76. The van der Waals surface area contributed by atoms with Crippen molar-refractivity contribution >= 4 is 5.97 Å². The fourth-order valence-corrected chi connectivity index (χ4v) is 2.07. The third-order valence-corrected chi connectivity index (χ3v) is 3.27. The van der Waals surface area contributed by atoms with E-state index in [1.54, 1.807) is 0 Å². The van der Waals surface area contributed by atoms with Crippen LogP contribution in [-0.4, -0.2) is 12.6 Å². The fourth-order valence-electron chi connectivity index (χ4n) is 2.07. The maximum absolute atomic E-state index is 10.5. The summed E-state index contributed by atoms with van der Waals surface area (Å²) in [5, 5.41) is 0. The molecule has 0 atom stereocenters. The van der Waals surface area contributed by atoms with E-state index < -0.39 is 0 Å². The summed E-state index contributed by atoms with van der Waals surface area (Å²) in [5.74, 6) is -0.176. The van der Waals surface area contributed by atoms with Crippen LogP contribution >= 0.6 is 0 Å². The second-order valence-corrected chi connectivity index (χ2v) is 5.29. The minimum atomic E-state index is -0.176. The third-order valence-electron chi connectivity index (χ3n) is 3.27. The molecule has 0 aromatic rings. The Kier molecular flexibility index (Phi) is 15.2. The Morgan fingerprint density at radius 3 is 1.90 bits per heavy atom. The smallest absolute Gasteiger partial charge is 0.302 e. The van der Waals surface area contributed by atoms with E-state index in [9.17, 15) is 4.79 Å². The summed E-state index contributed by atoms with van der Waals surface area (Å²) in [7, 11) is 0. The van der Waals surface area contributed by atoms with Crippen LogP contribution in [0.5, 0.6) is 0 Å². The van der Waals surface area contributed by atoms with Gasteiger partial charge in [0.1, 0.15) is 0 Å². The van der Waals surface area contributed by atoms with Gasteiger partial charge in [-0.1, -0.05) is 43.9 Å². The van der Waals surface area contributed by atoms with Crippen molar-refractivity contribution in [1.82, 2.24) is 0 Å². The minimum absolute atomic E-state index is 0.176. The summed E-state index contributed by atoms with van der Waals surface area (Å²) in [6.07, 6.45) is 20.2. The molecular weight excluding hydrogens is 248 g/mol. The molecule has 0 bridgehead atoms. The summed E-state index contributed by atoms with van der Waals surface area (Å²) in [5.41, 5.74) is 0. The van der Waals surface area contributed by atoms with Gasteiger partial charge in [0.15, 0.2) is 0 Å². The van der Waals surface area contributed by atoms with E-state index in [-0.39, 0.29) is 5.97 Å². The molecule has 0 N–H and O–H groups in total. The van der Waals surface area contributed by atoms with Gasteiger partial charge in [-0.2, -0.15) is 0 Å². The van der Waals surface area contributed by atoms with Crippen LogP contribution in [0.3, 0.4) is 0 Å². The standard InChI is InChI=1S/C18H32O2/c1-3-4-5-6-7-8-9-10-11-12-13-14-15-16-17-20-18(2)19/h3,12-13H,1,4-11,14-17H2,2H3. The molecule has 0 heterocycles. The van der Waals surface area contributed by atoms with E-state index in [4.69, 9.17) is 4.74 Å². The summed E-state index contributed by atoms with van der Waals surface area (Å²) in [6, 6.07) is 0. The van der Waals surface area contributed by atoms with Crippen molar-refractivity contribution in [3.63, 3.8) is 0 Å². The summed E-state index contributed by atoms with van der Waals surface area (Å²) < 4.78 is 4.88. The van der Waals surface area contributed by atoms with Crippen LogP contribution in [0.1, 0.15) is 77.6 Å². The van der Waals surface area contributed by atoms with Gasteiger partial charge in [0.05, 0.1) is 6.61 Å². The third kappa shape index (κ3) is 16.9. The Hall–Kier alpha value is -1.05. The maximum atomic E-state index is 10.5. The van der Waals surface area contributed by atoms with Crippen LogP contribution in [0.15, 0.2) is 24.8 Å². The molecule has 0 aromatic carbocycles. The first-order chi connectivity index (χ1) is 9.77. The predicted octanol–water partition coefficient (Wildman–Crippen LogP) is 5.58. The number of rotatable bonds is 14. The SMILES string of the molecule is C=CCCCCCCCCC=CCCCCOC(C)=O. The van der Waals surface area contributed by atoms with Crippen molar-refractivity contribution in [3.05, 3.63) is 24.8 Å². The lowest BCUT2D eigenvalue weighted by molar-refractivity contribution is -0.141. The summed E-state index contributed by atoms with van der Waals surface area (Å²) >= 11 is 0. The first kappa shape index (κ1) is 18.9. The lowest BCUT2D eigenvalue weighted by Gasteiger charge is -2.00. The second kappa shape index (κ2) is 16.0. The molecule has 2 heteroatoms.